The zero-order valence-corrected chi connectivity index (χ0v) is 17.5. The van der Waals surface area contributed by atoms with Crippen molar-refractivity contribution in [2.24, 2.45) is 0 Å². The first-order chi connectivity index (χ1) is 14.3. The lowest BCUT2D eigenvalue weighted by atomic mass is 10.1. The Morgan fingerprint density at radius 1 is 1.33 bits per heavy atom. The number of carbonyl (C=O) groups is 2. The number of halogens is 2. The highest BCUT2D eigenvalue weighted by molar-refractivity contribution is 6.33. The van der Waals surface area contributed by atoms with Crippen LogP contribution < -0.4 is 5.32 Å². The van der Waals surface area contributed by atoms with Gasteiger partial charge in [-0.3, -0.25) is 4.79 Å². The van der Waals surface area contributed by atoms with Crippen LogP contribution >= 0.6 is 11.6 Å². The molecule has 2 rings (SSSR count). The van der Waals surface area contributed by atoms with Gasteiger partial charge in [0.05, 0.1) is 17.3 Å². The zero-order valence-electron chi connectivity index (χ0n) is 16.8. The first-order valence-corrected chi connectivity index (χ1v) is 9.34. The number of anilines is 1. The fraction of sp³-hybridized carbons (Fsp3) is 0.286. The van der Waals surface area contributed by atoms with E-state index in [-0.39, 0.29) is 16.3 Å². The summed E-state index contributed by atoms with van der Waals surface area (Å²) in [5.74, 6) is -2.15. The molecule has 0 unspecified atom stereocenters. The number of hydrogen-bond acceptors (Lipinski definition) is 5. The number of aryl methyl sites for hydroxylation is 1. The predicted molar refractivity (Wildman–Crippen MR) is 110 cm³/mol. The molecule has 2 aromatic rings. The van der Waals surface area contributed by atoms with Crippen molar-refractivity contribution in [3.63, 3.8) is 0 Å². The van der Waals surface area contributed by atoms with Crippen LogP contribution in [0.5, 0.6) is 0 Å². The predicted octanol–water partition coefficient (Wildman–Crippen LogP) is 3.63. The molecule has 0 saturated carbocycles. The zero-order chi connectivity index (χ0) is 22.3. The van der Waals surface area contributed by atoms with Crippen LogP contribution in [0.15, 0.2) is 29.8 Å². The summed E-state index contributed by atoms with van der Waals surface area (Å²) in [4.78, 5) is 24.2. The maximum Gasteiger partial charge on any atom is 0.349 e. The Morgan fingerprint density at radius 2 is 2.07 bits per heavy atom. The van der Waals surface area contributed by atoms with Crippen LogP contribution in [0.25, 0.3) is 6.08 Å². The molecule has 1 aromatic carbocycles. The summed E-state index contributed by atoms with van der Waals surface area (Å²) in [6.07, 6.45) is 1.42. The van der Waals surface area contributed by atoms with Gasteiger partial charge in [-0.2, -0.15) is 5.26 Å². The van der Waals surface area contributed by atoms with E-state index in [1.54, 1.807) is 13.2 Å². The minimum absolute atomic E-state index is 0.0103. The van der Waals surface area contributed by atoms with Crippen LogP contribution in [0.3, 0.4) is 0 Å². The number of aromatic nitrogens is 1. The molecule has 0 aliphatic rings. The van der Waals surface area contributed by atoms with E-state index in [0.29, 0.717) is 18.7 Å². The second-order valence-corrected chi connectivity index (χ2v) is 6.80. The summed E-state index contributed by atoms with van der Waals surface area (Å²) in [6, 6.07) is 7.11. The average Bonchev–Trinajstić information content (AvgIpc) is 2.97. The molecule has 0 atom stereocenters. The summed E-state index contributed by atoms with van der Waals surface area (Å²) < 4.78 is 25.1. The van der Waals surface area contributed by atoms with Crippen molar-refractivity contribution in [2.45, 2.75) is 20.4 Å². The molecule has 0 aliphatic carbocycles. The number of nitrogens with zero attached hydrogens (tertiary/aromatic N) is 2. The molecule has 0 bridgehead atoms. The van der Waals surface area contributed by atoms with Gasteiger partial charge in [-0.15, -0.1) is 0 Å². The van der Waals surface area contributed by atoms with Gasteiger partial charge in [-0.05, 0) is 49.8 Å². The second-order valence-electron chi connectivity index (χ2n) is 6.39. The van der Waals surface area contributed by atoms with Gasteiger partial charge in [0.15, 0.2) is 6.61 Å². The van der Waals surface area contributed by atoms with Crippen molar-refractivity contribution in [1.82, 2.24) is 4.57 Å². The monoisotopic (exact) mass is 433 g/mol. The maximum absolute atomic E-state index is 13.1. The molecule has 1 aromatic heterocycles. The summed E-state index contributed by atoms with van der Waals surface area (Å²) >= 11 is 5.84. The Kier molecular flexibility index (Phi) is 8.16. The molecule has 0 fully saturated rings. The molecule has 1 heterocycles. The van der Waals surface area contributed by atoms with Gasteiger partial charge in [0.1, 0.15) is 17.5 Å². The Labute approximate surface area is 178 Å². The fourth-order valence-corrected chi connectivity index (χ4v) is 2.99. The Balaban J connectivity index is 2.04. The second kappa shape index (κ2) is 10.6. The van der Waals surface area contributed by atoms with Crippen molar-refractivity contribution >= 4 is 35.2 Å². The van der Waals surface area contributed by atoms with Crippen molar-refractivity contribution in [2.75, 3.05) is 25.6 Å². The molecular formula is C21H21ClFN3O4. The number of hydrogen-bond donors (Lipinski definition) is 1. The fourth-order valence-electron chi connectivity index (χ4n) is 2.78. The summed E-state index contributed by atoms with van der Waals surface area (Å²) in [6.45, 7) is 4.32. The van der Waals surface area contributed by atoms with Crippen molar-refractivity contribution in [3.05, 3.63) is 57.6 Å². The van der Waals surface area contributed by atoms with E-state index in [2.05, 4.69) is 5.32 Å². The Hall–Kier alpha value is -3.15. The molecule has 0 radical (unpaired) electrons. The van der Waals surface area contributed by atoms with Gasteiger partial charge >= 0.3 is 5.97 Å². The third-order valence-electron chi connectivity index (χ3n) is 4.31. The SMILES string of the molecule is COCCn1c(C)cc(/C=C(\C#N)C(=O)OCC(=O)Nc2ccc(F)cc2Cl)c1C. The summed E-state index contributed by atoms with van der Waals surface area (Å²) in [7, 11) is 1.61. The highest BCUT2D eigenvalue weighted by Gasteiger charge is 2.16. The molecule has 1 N–H and O–H groups in total. The van der Waals surface area contributed by atoms with Crippen molar-refractivity contribution < 1.29 is 23.5 Å². The van der Waals surface area contributed by atoms with Gasteiger partial charge in [0, 0.05) is 25.0 Å². The van der Waals surface area contributed by atoms with Crippen molar-refractivity contribution in [1.29, 1.82) is 5.26 Å². The van der Waals surface area contributed by atoms with E-state index < -0.39 is 24.3 Å². The maximum atomic E-state index is 13.1. The smallest absolute Gasteiger partial charge is 0.349 e. The third kappa shape index (κ3) is 5.92. The first kappa shape index (κ1) is 23.1. The Morgan fingerprint density at radius 3 is 2.70 bits per heavy atom. The number of rotatable bonds is 8. The molecule has 30 heavy (non-hydrogen) atoms. The summed E-state index contributed by atoms with van der Waals surface area (Å²) in [5, 5.41) is 11.7. The normalized spacial score (nSPS) is 11.1. The topological polar surface area (TPSA) is 93.3 Å². The summed E-state index contributed by atoms with van der Waals surface area (Å²) in [5.41, 5.74) is 2.46. The molecule has 0 spiro atoms. The van der Waals surface area contributed by atoms with Gasteiger partial charge < -0.3 is 19.4 Å². The van der Waals surface area contributed by atoms with E-state index >= 15 is 0 Å². The lowest BCUT2D eigenvalue weighted by Crippen LogP contribution is -2.21. The van der Waals surface area contributed by atoms with Crippen molar-refractivity contribution in [3.8, 4) is 6.07 Å². The molecule has 158 valence electrons. The van der Waals surface area contributed by atoms with E-state index in [1.165, 1.54) is 12.1 Å². The molecular weight excluding hydrogens is 413 g/mol. The number of nitriles is 1. The lowest BCUT2D eigenvalue weighted by molar-refractivity contribution is -0.142. The quantitative estimate of drug-likeness (QED) is 0.390. The Bertz CT molecular complexity index is 1020. The highest BCUT2D eigenvalue weighted by Crippen LogP contribution is 2.22. The van der Waals surface area contributed by atoms with Gasteiger partial charge in [0.2, 0.25) is 0 Å². The molecule has 0 aliphatic heterocycles. The minimum Gasteiger partial charge on any atom is -0.451 e. The number of nitrogens with one attached hydrogen (secondary N) is 1. The molecule has 7 nitrogen and oxygen atoms in total. The van der Waals surface area contributed by atoms with Crippen LogP contribution in [0.4, 0.5) is 10.1 Å². The van der Waals surface area contributed by atoms with Crippen LogP contribution in [-0.2, 0) is 25.6 Å². The van der Waals surface area contributed by atoms with Gasteiger partial charge in [-0.1, -0.05) is 11.6 Å². The van der Waals surface area contributed by atoms with Crippen LogP contribution in [0, 0.1) is 31.0 Å². The van der Waals surface area contributed by atoms with Crippen LogP contribution in [0.2, 0.25) is 5.02 Å². The van der Waals surface area contributed by atoms with E-state index in [9.17, 15) is 19.2 Å². The number of methoxy groups -OCH3 is 1. The molecule has 9 heteroatoms. The lowest BCUT2D eigenvalue weighted by Gasteiger charge is -2.09. The van der Waals surface area contributed by atoms with E-state index in [4.69, 9.17) is 21.1 Å². The van der Waals surface area contributed by atoms with E-state index in [0.717, 1.165) is 23.5 Å². The largest absolute Gasteiger partial charge is 0.451 e. The van der Waals surface area contributed by atoms with Crippen LogP contribution in [0.1, 0.15) is 17.0 Å². The molecule has 1 amide bonds. The third-order valence-corrected chi connectivity index (χ3v) is 4.62. The number of amides is 1. The number of benzene rings is 1. The highest BCUT2D eigenvalue weighted by atomic mass is 35.5. The van der Waals surface area contributed by atoms with Crippen LogP contribution in [-0.4, -0.2) is 36.8 Å². The number of esters is 1. The molecule has 0 saturated heterocycles. The average molecular weight is 434 g/mol. The van der Waals surface area contributed by atoms with E-state index in [1.807, 2.05) is 24.5 Å². The first-order valence-electron chi connectivity index (χ1n) is 8.96. The van der Waals surface area contributed by atoms with Gasteiger partial charge in [-0.25, -0.2) is 9.18 Å². The number of carbonyl (C=O) groups excluding carboxylic acids is 2. The van der Waals surface area contributed by atoms with Gasteiger partial charge in [0.25, 0.3) is 5.91 Å². The number of ether oxygens (including phenoxy) is 2. The standard InChI is InChI=1S/C21H21ClFN3O4/c1-13-8-15(14(2)26(13)6-7-29-3)9-16(11-24)21(28)30-12-20(27)25-19-5-4-17(23)10-18(19)22/h4-5,8-10H,6-7,12H2,1-3H3,(H,25,27)/b16-9+. The minimum atomic E-state index is -0.931.